The Balaban J connectivity index is 1.92. The Kier molecular flexibility index (Phi) is 2.73. The van der Waals surface area contributed by atoms with E-state index in [1.165, 1.54) is 6.42 Å². The van der Waals surface area contributed by atoms with E-state index in [0.29, 0.717) is 5.95 Å². The summed E-state index contributed by atoms with van der Waals surface area (Å²) in [4.78, 5) is 7.90. The van der Waals surface area contributed by atoms with Crippen molar-refractivity contribution in [1.82, 2.24) is 9.97 Å². The third kappa shape index (κ3) is 2.18. The maximum absolute atomic E-state index is 5.49. The van der Waals surface area contributed by atoms with Gasteiger partial charge in [-0.25, -0.2) is 4.98 Å². The van der Waals surface area contributed by atoms with Crippen LogP contribution in [0.3, 0.4) is 0 Å². The van der Waals surface area contributed by atoms with Gasteiger partial charge in [-0.1, -0.05) is 0 Å². The van der Waals surface area contributed by atoms with E-state index >= 15 is 0 Å². The van der Waals surface area contributed by atoms with Crippen LogP contribution < -0.4 is 11.1 Å². The predicted octanol–water partition coefficient (Wildman–Crippen LogP) is 1.04. The van der Waals surface area contributed by atoms with Crippen molar-refractivity contribution in [2.24, 2.45) is 0 Å². The molecule has 0 radical (unpaired) electrons. The molecule has 1 saturated carbocycles. The number of nitrogens with zero attached hydrogens (tertiary/aromatic N) is 2. The molecule has 1 aromatic rings. The van der Waals surface area contributed by atoms with E-state index in [4.69, 9.17) is 10.5 Å². The molecule has 1 aliphatic rings. The minimum Gasteiger partial charge on any atom is -0.376 e. The van der Waals surface area contributed by atoms with Crippen LogP contribution in [0.15, 0.2) is 12.3 Å². The van der Waals surface area contributed by atoms with Crippen molar-refractivity contribution in [2.45, 2.75) is 24.9 Å². The molecule has 2 rings (SSSR count). The zero-order valence-corrected chi connectivity index (χ0v) is 8.86. The van der Waals surface area contributed by atoms with E-state index in [0.717, 1.165) is 25.2 Å². The van der Waals surface area contributed by atoms with Crippen molar-refractivity contribution in [3.63, 3.8) is 0 Å². The Morgan fingerprint density at radius 1 is 1.60 bits per heavy atom. The van der Waals surface area contributed by atoms with Gasteiger partial charge in [0.1, 0.15) is 5.82 Å². The van der Waals surface area contributed by atoms with Gasteiger partial charge in [0.25, 0.3) is 0 Å². The number of ether oxygens (including phenoxy) is 1. The number of nitrogens with two attached hydrogens (primary N) is 1. The van der Waals surface area contributed by atoms with Gasteiger partial charge >= 0.3 is 0 Å². The lowest BCUT2D eigenvalue weighted by molar-refractivity contribution is -0.0601. The van der Waals surface area contributed by atoms with Gasteiger partial charge in [-0.15, -0.1) is 0 Å². The summed E-state index contributed by atoms with van der Waals surface area (Å²) >= 11 is 0. The molecular weight excluding hydrogens is 192 g/mol. The second-order valence-electron chi connectivity index (χ2n) is 3.89. The fraction of sp³-hybridized carbons (Fsp3) is 0.600. The number of hydrogen-bond acceptors (Lipinski definition) is 5. The molecule has 1 fully saturated rings. The molecule has 0 atom stereocenters. The van der Waals surface area contributed by atoms with Crippen molar-refractivity contribution >= 4 is 11.8 Å². The topological polar surface area (TPSA) is 73.1 Å². The summed E-state index contributed by atoms with van der Waals surface area (Å²) in [6.07, 6.45) is 5.10. The Morgan fingerprint density at radius 2 is 2.40 bits per heavy atom. The summed E-state index contributed by atoms with van der Waals surface area (Å²) in [5.74, 6) is 1.05. The van der Waals surface area contributed by atoms with E-state index in [1.54, 1.807) is 19.4 Å². The van der Waals surface area contributed by atoms with Gasteiger partial charge < -0.3 is 15.8 Å². The van der Waals surface area contributed by atoms with Crippen molar-refractivity contribution in [3.05, 3.63) is 12.3 Å². The van der Waals surface area contributed by atoms with Crippen LogP contribution in [0, 0.1) is 0 Å². The lowest BCUT2D eigenvalue weighted by Crippen LogP contribution is -2.45. The second kappa shape index (κ2) is 4.02. The van der Waals surface area contributed by atoms with Crippen LogP contribution in [0.5, 0.6) is 0 Å². The highest BCUT2D eigenvalue weighted by molar-refractivity contribution is 5.37. The van der Waals surface area contributed by atoms with Gasteiger partial charge in [0.2, 0.25) is 5.95 Å². The van der Waals surface area contributed by atoms with Gasteiger partial charge in [0.05, 0.1) is 5.60 Å². The van der Waals surface area contributed by atoms with Gasteiger partial charge in [-0.3, -0.25) is 0 Å². The average Bonchev–Trinajstić information content (AvgIpc) is 2.17. The summed E-state index contributed by atoms with van der Waals surface area (Å²) in [5, 5.41) is 3.22. The van der Waals surface area contributed by atoms with Crippen molar-refractivity contribution in [3.8, 4) is 0 Å². The molecule has 0 aliphatic heterocycles. The molecule has 5 heteroatoms. The van der Waals surface area contributed by atoms with E-state index in [9.17, 15) is 0 Å². The van der Waals surface area contributed by atoms with Crippen LogP contribution >= 0.6 is 0 Å². The van der Waals surface area contributed by atoms with Gasteiger partial charge in [-0.05, 0) is 25.3 Å². The average molecular weight is 208 g/mol. The molecule has 82 valence electrons. The summed E-state index contributed by atoms with van der Waals surface area (Å²) in [6.45, 7) is 0.778. The number of aromatic nitrogens is 2. The fourth-order valence-electron chi connectivity index (χ4n) is 1.75. The van der Waals surface area contributed by atoms with Gasteiger partial charge in [-0.2, -0.15) is 4.98 Å². The summed E-state index contributed by atoms with van der Waals surface area (Å²) < 4.78 is 5.49. The summed E-state index contributed by atoms with van der Waals surface area (Å²) in [5.41, 5.74) is 5.48. The molecule has 1 aliphatic carbocycles. The Bertz CT molecular complexity index is 332. The second-order valence-corrected chi connectivity index (χ2v) is 3.89. The predicted molar refractivity (Wildman–Crippen MR) is 58.5 cm³/mol. The van der Waals surface area contributed by atoms with Crippen molar-refractivity contribution < 1.29 is 4.74 Å². The largest absolute Gasteiger partial charge is 0.376 e. The first-order chi connectivity index (χ1) is 7.24. The Morgan fingerprint density at radius 3 is 2.93 bits per heavy atom. The molecule has 0 saturated heterocycles. The quantitative estimate of drug-likeness (QED) is 0.773. The summed E-state index contributed by atoms with van der Waals surface area (Å²) in [6, 6.07) is 1.80. The monoisotopic (exact) mass is 208 g/mol. The summed E-state index contributed by atoms with van der Waals surface area (Å²) in [7, 11) is 1.76. The minimum atomic E-state index is -0.000286. The molecule has 1 aromatic heterocycles. The van der Waals surface area contributed by atoms with Crippen LogP contribution in [-0.4, -0.2) is 29.2 Å². The first-order valence-corrected chi connectivity index (χ1v) is 5.12. The van der Waals surface area contributed by atoms with Crippen LogP contribution in [0.2, 0.25) is 0 Å². The molecule has 0 bridgehead atoms. The smallest absolute Gasteiger partial charge is 0.221 e. The van der Waals surface area contributed by atoms with E-state index in [2.05, 4.69) is 15.3 Å². The molecule has 15 heavy (non-hydrogen) atoms. The normalized spacial score (nSPS) is 18.2. The molecule has 1 heterocycles. The molecule has 0 aromatic carbocycles. The number of methoxy groups -OCH3 is 1. The zero-order valence-electron chi connectivity index (χ0n) is 8.86. The van der Waals surface area contributed by atoms with Crippen molar-refractivity contribution in [2.75, 3.05) is 24.7 Å². The lowest BCUT2D eigenvalue weighted by Gasteiger charge is -2.40. The maximum Gasteiger partial charge on any atom is 0.221 e. The zero-order chi connectivity index (χ0) is 10.7. The number of hydrogen-bond donors (Lipinski definition) is 2. The van der Waals surface area contributed by atoms with Crippen LogP contribution in [0.1, 0.15) is 19.3 Å². The SMILES string of the molecule is COC1(CNc2ccnc(N)n2)CCC1. The Hall–Kier alpha value is -1.36. The minimum absolute atomic E-state index is 0.000286. The molecule has 5 nitrogen and oxygen atoms in total. The molecular formula is C10H16N4O. The van der Waals surface area contributed by atoms with Gasteiger partial charge in [0.15, 0.2) is 0 Å². The van der Waals surface area contributed by atoms with E-state index < -0.39 is 0 Å². The third-order valence-electron chi connectivity index (χ3n) is 2.96. The van der Waals surface area contributed by atoms with Crippen molar-refractivity contribution in [1.29, 1.82) is 0 Å². The molecule has 0 unspecified atom stereocenters. The lowest BCUT2D eigenvalue weighted by atomic mass is 9.80. The first-order valence-electron chi connectivity index (χ1n) is 5.12. The highest BCUT2D eigenvalue weighted by Crippen LogP contribution is 2.34. The number of nitrogen functional groups attached to an aromatic ring is 1. The van der Waals surface area contributed by atoms with Gasteiger partial charge in [0, 0.05) is 19.9 Å². The highest BCUT2D eigenvalue weighted by Gasteiger charge is 2.36. The van der Waals surface area contributed by atoms with E-state index in [-0.39, 0.29) is 5.60 Å². The fourth-order valence-corrected chi connectivity index (χ4v) is 1.75. The number of anilines is 2. The third-order valence-corrected chi connectivity index (χ3v) is 2.96. The maximum atomic E-state index is 5.49. The Labute approximate surface area is 89.1 Å². The highest BCUT2D eigenvalue weighted by atomic mass is 16.5. The van der Waals surface area contributed by atoms with Crippen LogP contribution in [-0.2, 0) is 4.74 Å². The standard InChI is InChI=1S/C10H16N4O/c1-15-10(4-2-5-10)7-13-8-3-6-12-9(11)14-8/h3,6H,2,4-5,7H2,1H3,(H3,11,12,13,14). The molecule has 0 spiro atoms. The number of nitrogens with one attached hydrogen (secondary N) is 1. The number of rotatable bonds is 4. The van der Waals surface area contributed by atoms with E-state index in [1.807, 2.05) is 0 Å². The first kappa shape index (κ1) is 10.2. The molecule has 0 amide bonds. The molecule has 3 N–H and O–H groups in total. The van der Waals surface area contributed by atoms with Crippen LogP contribution in [0.4, 0.5) is 11.8 Å². The van der Waals surface area contributed by atoms with Crippen LogP contribution in [0.25, 0.3) is 0 Å².